The molecule has 3 rings (SSSR count). The van der Waals surface area contributed by atoms with Gasteiger partial charge in [-0.3, -0.25) is 0 Å². The Balaban J connectivity index is 1.88. The molecule has 0 saturated carbocycles. The Labute approximate surface area is 178 Å². The fraction of sp³-hybridized carbons (Fsp3) is 0.333. The van der Waals surface area contributed by atoms with Crippen LogP contribution < -0.4 is 10.5 Å². The molecule has 0 saturated heterocycles. The van der Waals surface area contributed by atoms with E-state index in [-0.39, 0.29) is 0 Å². The number of pyridine rings is 1. The smallest absolute Gasteiger partial charge is 0.174 e. The number of aliphatic hydroxyl groups is 1. The lowest BCUT2D eigenvalue weighted by molar-refractivity contribution is 0.0728. The quantitative estimate of drug-likeness (QED) is 0.492. The Morgan fingerprint density at radius 1 is 1.17 bits per heavy atom. The Kier molecular flexibility index (Phi) is 6.60. The van der Waals surface area contributed by atoms with Gasteiger partial charge in [-0.2, -0.15) is 0 Å². The van der Waals surface area contributed by atoms with Crippen molar-refractivity contribution in [3.8, 4) is 21.6 Å². The van der Waals surface area contributed by atoms with Gasteiger partial charge in [0.1, 0.15) is 5.82 Å². The van der Waals surface area contributed by atoms with Crippen molar-refractivity contribution in [3.63, 3.8) is 0 Å². The number of rotatable bonds is 7. The van der Waals surface area contributed by atoms with Crippen LogP contribution >= 0.6 is 11.3 Å². The van der Waals surface area contributed by atoms with Gasteiger partial charge in [0, 0.05) is 36.1 Å². The summed E-state index contributed by atoms with van der Waals surface area (Å²) in [5.74, 6) is 0.461. The zero-order valence-corrected chi connectivity index (χ0v) is 18.7. The van der Waals surface area contributed by atoms with Crippen LogP contribution in [0.25, 0.3) is 21.6 Å². The lowest BCUT2D eigenvalue weighted by Crippen LogP contribution is -2.30. The van der Waals surface area contributed by atoms with Gasteiger partial charge in [-0.25, -0.2) is 9.97 Å². The zero-order valence-electron chi connectivity index (χ0n) is 17.0. The Bertz CT molecular complexity index is 999. The standard InChI is InChI=1S/C21H26N4O2S2/c1-13-5-6-16(29(27)25-8-7-21(3,4)26)10-17(13)15-9-18(20(22)24-11-15)19-12-23-14(2)28-19/h5-6,9-12,25-26H,7-8H2,1-4H3,(H2,22,24). The van der Waals surface area contributed by atoms with Gasteiger partial charge in [0.2, 0.25) is 0 Å². The van der Waals surface area contributed by atoms with E-state index in [1.807, 2.05) is 44.3 Å². The third-order valence-electron chi connectivity index (χ3n) is 4.51. The van der Waals surface area contributed by atoms with E-state index in [1.165, 1.54) is 0 Å². The molecule has 0 bridgehead atoms. The van der Waals surface area contributed by atoms with Crippen molar-refractivity contribution < 1.29 is 9.66 Å². The Morgan fingerprint density at radius 2 is 1.93 bits per heavy atom. The molecular weight excluding hydrogens is 404 g/mol. The van der Waals surface area contributed by atoms with Gasteiger partial charge < -0.3 is 15.4 Å². The molecule has 0 spiro atoms. The van der Waals surface area contributed by atoms with Crippen molar-refractivity contribution in [1.82, 2.24) is 14.7 Å². The fourth-order valence-electron chi connectivity index (χ4n) is 2.87. The summed E-state index contributed by atoms with van der Waals surface area (Å²) in [5, 5.41) is 10.8. The highest BCUT2D eigenvalue weighted by molar-refractivity contribution is 7.89. The largest absolute Gasteiger partial charge is 0.593 e. The summed E-state index contributed by atoms with van der Waals surface area (Å²) in [6, 6.07) is 7.72. The molecule has 1 aromatic carbocycles. The van der Waals surface area contributed by atoms with Gasteiger partial charge in [0.15, 0.2) is 4.90 Å². The summed E-state index contributed by atoms with van der Waals surface area (Å²) in [6.45, 7) is 7.89. The molecule has 2 heterocycles. The second-order valence-corrected chi connectivity index (χ2v) is 10.1. The van der Waals surface area contributed by atoms with E-state index in [4.69, 9.17) is 5.73 Å². The predicted octanol–water partition coefficient (Wildman–Crippen LogP) is 3.84. The number of anilines is 1. The number of aromatic nitrogens is 2. The molecule has 0 aliphatic rings. The summed E-state index contributed by atoms with van der Waals surface area (Å²) >= 11 is 0.205. The van der Waals surface area contributed by atoms with Crippen LogP contribution in [0, 0.1) is 13.8 Å². The van der Waals surface area contributed by atoms with E-state index in [1.54, 1.807) is 31.4 Å². The first-order valence-corrected chi connectivity index (χ1v) is 11.3. The highest BCUT2D eigenvalue weighted by Crippen LogP contribution is 2.34. The highest BCUT2D eigenvalue weighted by atomic mass is 32.2. The molecule has 2 aromatic heterocycles. The van der Waals surface area contributed by atoms with Crippen molar-refractivity contribution in [2.45, 2.75) is 44.6 Å². The lowest BCUT2D eigenvalue weighted by Gasteiger charge is -2.18. The van der Waals surface area contributed by atoms with Crippen LogP contribution in [-0.4, -0.2) is 31.8 Å². The topological polar surface area (TPSA) is 107 Å². The van der Waals surface area contributed by atoms with Gasteiger partial charge >= 0.3 is 0 Å². The van der Waals surface area contributed by atoms with E-state index in [9.17, 15) is 9.66 Å². The molecule has 8 heteroatoms. The second kappa shape index (κ2) is 8.81. The number of nitrogens with one attached hydrogen (secondary N) is 1. The molecule has 29 heavy (non-hydrogen) atoms. The second-order valence-electron chi connectivity index (χ2n) is 7.60. The number of hydrogen-bond acceptors (Lipinski definition) is 7. The summed E-state index contributed by atoms with van der Waals surface area (Å²) < 4.78 is 15.6. The number of nitrogens with two attached hydrogens (primary N) is 1. The summed E-state index contributed by atoms with van der Waals surface area (Å²) in [4.78, 5) is 10.3. The van der Waals surface area contributed by atoms with Crippen LogP contribution in [0.5, 0.6) is 0 Å². The number of thiazole rings is 1. The fourth-order valence-corrected chi connectivity index (χ4v) is 4.54. The number of aryl methyl sites for hydroxylation is 2. The van der Waals surface area contributed by atoms with E-state index >= 15 is 0 Å². The maximum Gasteiger partial charge on any atom is 0.174 e. The maximum atomic E-state index is 12.6. The molecular formula is C21H26N4O2S2. The number of hydrogen-bond donors (Lipinski definition) is 3. The molecule has 1 atom stereocenters. The minimum atomic E-state index is -1.37. The Hall–Kier alpha value is -1.97. The average molecular weight is 431 g/mol. The molecule has 1 unspecified atom stereocenters. The number of nitrogens with zero attached hydrogens (tertiary/aromatic N) is 2. The Morgan fingerprint density at radius 3 is 2.59 bits per heavy atom. The number of nitrogen functional groups attached to an aromatic ring is 1. The van der Waals surface area contributed by atoms with Crippen molar-refractivity contribution >= 4 is 28.5 Å². The van der Waals surface area contributed by atoms with Gasteiger partial charge in [-0.05, 0) is 57.4 Å². The van der Waals surface area contributed by atoms with Crippen LogP contribution in [0.2, 0.25) is 0 Å². The summed E-state index contributed by atoms with van der Waals surface area (Å²) in [5.41, 5.74) is 9.08. The first-order chi connectivity index (χ1) is 13.6. The molecule has 0 fully saturated rings. The van der Waals surface area contributed by atoms with Gasteiger partial charge in [-0.1, -0.05) is 6.07 Å². The van der Waals surface area contributed by atoms with Crippen LogP contribution in [0.4, 0.5) is 5.82 Å². The van der Waals surface area contributed by atoms with Crippen molar-refractivity contribution in [1.29, 1.82) is 0 Å². The molecule has 0 aliphatic carbocycles. The summed E-state index contributed by atoms with van der Waals surface area (Å²) in [6.07, 6.45) is 4.06. The van der Waals surface area contributed by atoms with E-state index < -0.39 is 17.0 Å². The number of benzene rings is 1. The normalized spacial score (nSPS) is 12.9. The first-order valence-electron chi connectivity index (χ1n) is 9.31. The predicted molar refractivity (Wildman–Crippen MR) is 120 cm³/mol. The molecule has 6 nitrogen and oxygen atoms in total. The van der Waals surface area contributed by atoms with Crippen LogP contribution in [0.3, 0.4) is 0 Å². The van der Waals surface area contributed by atoms with Gasteiger partial charge in [-0.15, -0.1) is 16.1 Å². The first kappa shape index (κ1) is 21.7. The summed E-state index contributed by atoms with van der Waals surface area (Å²) in [7, 11) is 0. The van der Waals surface area contributed by atoms with E-state index in [0.29, 0.717) is 23.7 Å². The molecule has 0 radical (unpaired) electrons. The molecule has 0 aliphatic heterocycles. The van der Waals surface area contributed by atoms with Crippen molar-refractivity contribution in [2.24, 2.45) is 0 Å². The SMILES string of the molecule is Cc1ncc(-c2cc(-c3cc([S+]([O-])NCCC(C)(C)O)ccc3C)cnc2N)s1. The molecule has 4 N–H and O–H groups in total. The maximum absolute atomic E-state index is 12.6. The van der Waals surface area contributed by atoms with Crippen molar-refractivity contribution in [3.05, 3.63) is 47.2 Å². The van der Waals surface area contributed by atoms with Crippen LogP contribution in [0.1, 0.15) is 30.8 Å². The van der Waals surface area contributed by atoms with E-state index in [0.717, 1.165) is 32.1 Å². The van der Waals surface area contributed by atoms with Gasteiger partial charge in [0.05, 0.1) is 26.8 Å². The minimum Gasteiger partial charge on any atom is -0.593 e. The van der Waals surface area contributed by atoms with Gasteiger partial charge in [0.25, 0.3) is 0 Å². The molecule has 154 valence electrons. The average Bonchev–Trinajstić information content (AvgIpc) is 3.07. The monoisotopic (exact) mass is 430 g/mol. The molecule has 3 aromatic rings. The van der Waals surface area contributed by atoms with Crippen LogP contribution in [0.15, 0.2) is 41.6 Å². The zero-order chi connectivity index (χ0) is 21.2. The minimum absolute atomic E-state index is 0.456. The molecule has 0 amide bonds. The van der Waals surface area contributed by atoms with Crippen molar-refractivity contribution in [2.75, 3.05) is 12.3 Å². The van der Waals surface area contributed by atoms with E-state index in [2.05, 4.69) is 14.7 Å². The lowest BCUT2D eigenvalue weighted by atomic mass is 10.0. The highest BCUT2D eigenvalue weighted by Gasteiger charge is 2.18. The third kappa shape index (κ3) is 5.55. The van der Waals surface area contributed by atoms with Crippen LogP contribution in [-0.2, 0) is 11.4 Å². The third-order valence-corrected chi connectivity index (χ3v) is 6.60.